The Morgan fingerprint density at radius 1 is 1.17 bits per heavy atom. The Morgan fingerprint density at radius 2 is 1.90 bits per heavy atom. The summed E-state index contributed by atoms with van der Waals surface area (Å²) in [6, 6.07) is 11.7. The Bertz CT molecular complexity index is 1120. The molecule has 1 aromatic heterocycles. The van der Waals surface area contributed by atoms with Crippen LogP contribution in [0.3, 0.4) is 0 Å². The lowest BCUT2D eigenvalue weighted by molar-refractivity contribution is -0.120. The third-order valence-electron chi connectivity index (χ3n) is 4.54. The average molecular weight is 417 g/mol. The molecule has 0 aliphatic heterocycles. The summed E-state index contributed by atoms with van der Waals surface area (Å²) < 4.78 is 35.8. The number of carbonyl (C=O) groups is 1. The standard InChI is InChI=1S/C21H21F2N3O4/c1-26-20(28)15-6-4-3-5-14(15)16(25-26)12-19(27)24-10-9-13-7-8-17(29-2)18(11-13)30-21(22)23/h3-8,11,21H,9-10,12H2,1-2H3,(H,24,27). The zero-order chi connectivity index (χ0) is 21.7. The van der Waals surface area contributed by atoms with Crippen molar-refractivity contribution in [2.45, 2.75) is 19.5 Å². The predicted molar refractivity (Wildman–Crippen MR) is 107 cm³/mol. The molecule has 0 saturated carbocycles. The largest absolute Gasteiger partial charge is 0.493 e. The van der Waals surface area contributed by atoms with Gasteiger partial charge in [0.25, 0.3) is 5.56 Å². The molecule has 0 atom stereocenters. The quantitative estimate of drug-likeness (QED) is 0.609. The van der Waals surface area contributed by atoms with Gasteiger partial charge in [-0.3, -0.25) is 9.59 Å². The normalized spacial score (nSPS) is 11.0. The Hall–Kier alpha value is -3.49. The fraction of sp³-hybridized carbons (Fsp3) is 0.286. The fourth-order valence-electron chi connectivity index (χ4n) is 3.13. The molecule has 0 aliphatic carbocycles. The third kappa shape index (κ3) is 4.91. The first kappa shape index (κ1) is 21.2. The molecule has 3 rings (SSSR count). The lowest BCUT2D eigenvalue weighted by Gasteiger charge is -2.12. The van der Waals surface area contributed by atoms with Gasteiger partial charge in [0.2, 0.25) is 5.91 Å². The predicted octanol–water partition coefficient (Wildman–Crippen LogP) is 2.44. The molecular formula is C21H21F2N3O4. The van der Waals surface area contributed by atoms with Crippen LogP contribution in [-0.2, 0) is 24.7 Å². The number of amides is 1. The number of halogens is 2. The number of ether oxygens (including phenoxy) is 2. The molecule has 7 nitrogen and oxygen atoms in total. The van der Waals surface area contributed by atoms with Crippen molar-refractivity contribution >= 4 is 16.7 Å². The first-order valence-electron chi connectivity index (χ1n) is 9.22. The number of aryl methyl sites for hydroxylation is 1. The van der Waals surface area contributed by atoms with Gasteiger partial charge in [-0.1, -0.05) is 24.3 Å². The fourth-order valence-corrected chi connectivity index (χ4v) is 3.13. The Balaban J connectivity index is 1.64. The second-order valence-corrected chi connectivity index (χ2v) is 6.56. The number of benzene rings is 2. The first-order chi connectivity index (χ1) is 14.4. The summed E-state index contributed by atoms with van der Waals surface area (Å²) in [4.78, 5) is 24.5. The van der Waals surface area contributed by atoms with Gasteiger partial charge in [0.15, 0.2) is 11.5 Å². The molecule has 0 unspecified atom stereocenters. The van der Waals surface area contributed by atoms with E-state index in [1.165, 1.54) is 23.9 Å². The van der Waals surface area contributed by atoms with Gasteiger partial charge in [-0.15, -0.1) is 0 Å². The summed E-state index contributed by atoms with van der Waals surface area (Å²) >= 11 is 0. The number of rotatable bonds is 8. The highest BCUT2D eigenvalue weighted by molar-refractivity contribution is 5.88. The second kappa shape index (κ2) is 9.34. The zero-order valence-electron chi connectivity index (χ0n) is 16.5. The minimum atomic E-state index is -2.96. The van der Waals surface area contributed by atoms with Gasteiger partial charge in [-0.25, -0.2) is 4.68 Å². The van der Waals surface area contributed by atoms with E-state index in [9.17, 15) is 18.4 Å². The molecule has 9 heteroatoms. The highest BCUT2D eigenvalue weighted by Crippen LogP contribution is 2.29. The number of hydrogen-bond donors (Lipinski definition) is 1. The highest BCUT2D eigenvalue weighted by Gasteiger charge is 2.13. The van der Waals surface area contributed by atoms with Crippen LogP contribution in [0.5, 0.6) is 11.5 Å². The molecule has 2 aromatic carbocycles. The van der Waals surface area contributed by atoms with Crippen LogP contribution in [0.4, 0.5) is 8.78 Å². The maximum Gasteiger partial charge on any atom is 0.387 e. The minimum Gasteiger partial charge on any atom is -0.493 e. The van der Waals surface area contributed by atoms with Crippen LogP contribution in [0.2, 0.25) is 0 Å². The number of alkyl halides is 2. The Morgan fingerprint density at radius 3 is 2.60 bits per heavy atom. The SMILES string of the molecule is COc1ccc(CCNC(=O)Cc2nn(C)c(=O)c3ccccc23)cc1OC(F)F. The van der Waals surface area contributed by atoms with Gasteiger partial charge >= 0.3 is 6.61 Å². The molecule has 0 bridgehead atoms. The van der Waals surface area contributed by atoms with E-state index < -0.39 is 6.61 Å². The molecule has 1 heterocycles. The maximum atomic E-state index is 12.5. The molecule has 1 amide bonds. The van der Waals surface area contributed by atoms with E-state index in [4.69, 9.17) is 4.74 Å². The van der Waals surface area contributed by atoms with Crippen molar-refractivity contribution in [1.82, 2.24) is 15.1 Å². The van der Waals surface area contributed by atoms with Gasteiger partial charge in [0.1, 0.15) is 0 Å². The van der Waals surface area contributed by atoms with Crippen LogP contribution in [0.1, 0.15) is 11.3 Å². The van der Waals surface area contributed by atoms with Gasteiger partial charge in [0.05, 0.1) is 24.6 Å². The summed E-state index contributed by atoms with van der Waals surface area (Å²) in [5, 5.41) is 8.13. The Labute approximate surface area is 171 Å². The number of fused-ring (bicyclic) bond motifs is 1. The molecule has 30 heavy (non-hydrogen) atoms. The van der Waals surface area contributed by atoms with Crippen LogP contribution in [0.15, 0.2) is 47.3 Å². The second-order valence-electron chi connectivity index (χ2n) is 6.56. The smallest absolute Gasteiger partial charge is 0.387 e. The minimum absolute atomic E-state index is 0.0109. The van der Waals surface area contributed by atoms with Crippen molar-refractivity contribution in [2.75, 3.05) is 13.7 Å². The van der Waals surface area contributed by atoms with Crippen molar-refractivity contribution in [3.63, 3.8) is 0 Å². The van der Waals surface area contributed by atoms with Crippen molar-refractivity contribution in [3.05, 3.63) is 64.1 Å². The molecule has 1 N–H and O–H groups in total. The number of methoxy groups -OCH3 is 1. The summed E-state index contributed by atoms with van der Waals surface area (Å²) in [5.41, 5.74) is 0.982. The van der Waals surface area contributed by atoms with E-state index in [-0.39, 0.29) is 29.4 Å². The number of nitrogens with one attached hydrogen (secondary N) is 1. The molecule has 0 aliphatic rings. The summed E-state index contributed by atoms with van der Waals surface area (Å²) in [6.07, 6.45) is 0.424. The van der Waals surface area contributed by atoms with Crippen molar-refractivity contribution < 1.29 is 23.0 Å². The molecule has 3 aromatic rings. The number of hydrogen-bond acceptors (Lipinski definition) is 5. The maximum absolute atomic E-state index is 12.5. The topological polar surface area (TPSA) is 82.5 Å². The number of aromatic nitrogens is 2. The van der Waals surface area contributed by atoms with E-state index in [0.29, 0.717) is 35.0 Å². The molecule has 0 fully saturated rings. The number of nitrogens with zero attached hydrogens (tertiary/aromatic N) is 2. The van der Waals surface area contributed by atoms with Crippen molar-refractivity contribution in [3.8, 4) is 11.5 Å². The molecule has 0 radical (unpaired) electrons. The average Bonchev–Trinajstić information content (AvgIpc) is 2.71. The molecular weight excluding hydrogens is 396 g/mol. The van der Waals surface area contributed by atoms with Crippen LogP contribution in [-0.4, -0.2) is 36.0 Å². The van der Waals surface area contributed by atoms with Crippen molar-refractivity contribution in [1.29, 1.82) is 0 Å². The van der Waals surface area contributed by atoms with Gasteiger partial charge in [-0.05, 0) is 30.2 Å². The summed E-state index contributed by atoms with van der Waals surface area (Å²) in [7, 11) is 2.91. The van der Waals surface area contributed by atoms with E-state index in [0.717, 1.165) is 0 Å². The van der Waals surface area contributed by atoms with Crippen molar-refractivity contribution in [2.24, 2.45) is 7.05 Å². The Kier molecular flexibility index (Phi) is 6.61. The van der Waals surface area contributed by atoms with Crippen LogP contribution in [0, 0.1) is 0 Å². The summed E-state index contributed by atoms with van der Waals surface area (Å²) in [5.74, 6) is -0.114. The van der Waals surface area contributed by atoms with Crippen LogP contribution < -0.4 is 20.3 Å². The number of carbonyl (C=O) groups excluding carboxylic acids is 1. The van der Waals surface area contributed by atoms with Gasteiger partial charge in [0, 0.05) is 19.0 Å². The monoisotopic (exact) mass is 417 g/mol. The molecule has 158 valence electrons. The molecule has 0 saturated heterocycles. The van der Waals surface area contributed by atoms with Gasteiger partial charge in [-0.2, -0.15) is 13.9 Å². The van der Waals surface area contributed by atoms with Crippen LogP contribution in [0.25, 0.3) is 10.8 Å². The van der Waals surface area contributed by atoms with E-state index in [1.54, 1.807) is 37.4 Å². The first-order valence-corrected chi connectivity index (χ1v) is 9.22. The zero-order valence-corrected chi connectivity index (χ0v) is 16.5. The van der Waals surface area contributed by atoms with Crippen LogP contribution >= 0.6 is 0 Å². The van der Waals surface area contributed by atoms with E-state index in [1.807, 2.05) is 0 Å². The third-order valence-corrected chi connectivity index (χ3v) is 4.54. The van der Waals surface area contributed by atoms with Gasteiger partial charge < -0.3 is 14.8 Å². The van der Waals surface area contributed by atoms with E-state index in [2.05, 4.69) is 15.2 Å². The highest BCUT2D eigenvalue weighted by atomic mass is 19.3. The van der Waals surface area contributed by atoms with E-state index >= 15 is 0 Å². The summed E-state index contributed by atoms with van der Waals surface area (Å²) in [6.45, 7) is -2.67. The lowest BCUT2D eigenvalue weighted by Crippen LogP contribution is -2.29. The molecule has 0 spiro atoms. The lowest BCUT2D eigenvalue weighted by atomic mass is 10.1.